The molecule has 4 rings (SSSR count). The predicted octanol–water partition coefficient (Wildman–Crippen LogP) is 2.45. The van der Waals surface area contributed by atoms with Gasteiger partial charge in [0.05, 0.1) is 29.2 Å². The summed E-state index contributed by atoms with van der Waals surface area (Å²) in [5, 5.41) is 40.5. The van der Waals surface area contributed by atoms with Crippen LogP contribution < -0.4 is 4.74 Å². The molecule has 0 unspecified atom stereocenters. The Labute approximate surface area is 146 Å². The number of ether oxygens (including phenoxy) is 1. The first-order valence-corrected chi connectivity index (χ1v) is 7.56. The van der Waals surface area contributed by atoms with Gasteiger partial charge in [0, 0.05) is 17.0 Å². The van der Waals surface area contributed by atoms with Crippen molar-refractivity contribution in [3.05, 3.63) is 52.6 Å². The quantitative estimate of drug-likeness (QED) is 0.388. The van der Waals surface area contributed by atoms with E-state index in [-0.39, 0.29) is 39.0 Å². The van der Waals surface area contributed by atoms with Crippen molar-refractivity contribution in [3.63, 3.8) is 0 Å². The average molecular weight is 352 g/mol. The molecule has 1 aliphatic carbocycles. The normalized spacial score (nSPS) is 12.8. The maximum Gasteiger partial charge on any atom is 0.202 e. The zero-order chi connectivity index (χ0) is 18.7. The Morgan fingerprint density at radius 2 is 1.54 bits per heavy atom. The van der Waals surface area contributed by atoms with Gasteiger partial charge in [-0.3, -0.25) is 9.59 Å². The minimum atomic E-state index is -0.714. The van der Waals surface area contributed by atoms with Crippen molar-refractivity contribution in [3.8, 4) is 28.7 Å². The molecule has 26 heavy (non-hydrogen) atoms. The van der Waals surface area contributed by atoms with Gasteiger partial charge in [0.15, 0.2) is 5.78 Å². The lowest BCUT2D eigenvalue weighted by atomic mass is 9.81. The van der Waals surface area contributed by atoms with Crippen molar-refractivity contribution in [1.82, 2.24) is 0 Å². The molecule has 0 aromatic heterocycles. The number of methoxy groups -OCH3 is 1. The molecule has 4 N–H and O–H groups in total. The summed E-state index contributed by atoms with van der Waals surface area (Å²) < 4.78 is 5.14. The van der Waals surface area contributed by atoms with Gasteiger partial charge in [-0.25, -0.2) is 0 Å². The third-order valence-electron chi connectivity index (χ3n) is 4.49. The Balaban J connectivity index is 2.19. The van der Waals surface area contributed by atoms with Gasteiger partial charge in [-0.2, -0.15) is 0 Å². The second-order valence-corrected chi connectivity index (χ2v) is 5.88. The second kappa shape index (κ2) is 5.13. The van der Waals surface area contributed by atoms with Crippen LogP contribution in [0.15, 0.2) is 30.3 Å². The number of fused-ring (bicyclic) bond motifs is 3. The number of phenols is 4. The van der Waals surface area contributed by atoms with Crippen LogP contribution in [0.25, 0.3) is 10.8 Å². The first-order chi connectivity index (χ1) is 12.4. The monoisotopic (exact) mass is 352 g/mol. The second-order valence-electron chi connectivity index (χ2n) is 5.88. The van der Waals surface area contributed by atoms with Crippen LogP contribution in [-0.2, 0) is 0 Å². The van der Waals surface area contributed by atoms with E-state index in [1.807, 2.05) is 0 Å². The van der Waals surface area contributed by atoms with E-state index in [2.05, 4.69) is 0 Å². The molecule has 0 saturated carbocycles. The first kappa shape index (κ1) is 15.8. The lowest BCUT2D eigenvalue weighted by Gasteiger charge is -2.22. The van der Waals surface area contributed by atoms with E-state index in [9.17, 15) is 30.0 Å². The fourth-order valence-corrected chi connectivity index (χ4v) is 3.37. The van der Waals surface area contributed by atoms with Crippen LogP contribution in [0.4, 0.5) is 0 Å². The number of hydrogen-bond donors (Lipinski definition) is 4. The van der Waals surface area contributed by atoms with Crippen molar-refractivity contribution in [2.75, 3.05) is 7.11 Å². The van der Waals surface area contributed by atoms with Gasteiger partial charge in [-0.1, -0.05) is 12.1 Å². The maximum absolute atomic E-state index is 13.0. The van der Waals surface area contributed by atoms with Gasteiger partial charge in [-0.15, -0.1) is 0 Å². The highest BCUT2D eigenvalue weighted by atomic mass is 16.5. The molecule has 130 valence electrons. The summed E-state index contributed by atoms with van der Waals surface area (Å²) in [4.78, 5) is 25.9. The van der Waals surface area contributed by atoms with E-state index < -0.39 is 34.4 Å². The molecule has 7 nitrogen and oxygen atoms in total. The molecule has 0 amide bonds. The van der Waals surface area contributed by atoms with Crippen molar-refractivity contribution in [2.45, 2.75) is 0 Å². The Bertz CT molecular complexity index is 1140. The van der Waals surface area contributed by atoms with E-state index in [0.29, 0.717) is 0 Å². The first-order valence-electron chi connectivity index (χ1n) is 7.56. The van der Waals surface area contributed by atoms with Crippen molar-refractivity contribution in [1.29, 1.82) is 0 Å². The highest BCUT2D eigenvalue weighted by Crippen LogP contribution is 2.49. The summed E-state index contributed by atoms with van der Waals surface area (Å²) in [6, 6.07) is 6.49. The molecule has 0 heterocycles. The number of carbonyl (C=O) groups is 2. The average Bonchev–Trinajstić information content (AvgIpc) is 2.61. The van der Waals surface area contributed by atoms with Crippen LogP contribution in [0.5, 0.6) is 28.7 Å². The van der Waals surface area contributed by atoms with Crippen molar-refractivity contribution >= 4 is 22.3 Å². The van der Waals surface area contributed by atoms with Crippen LogP contribution in [0.3, 0.4) is 0 Å². The van der Waals surface area contributed by atoms with Crippen molar-refractivity contribution in [2.24, 2.45) is 0 Å². The molecule has 0 saturated heterocycles. The highest BCUT2D eigenvalue weighted by Gasteiger charge is 2.38. The third-order valence-corrected chi connectivity index (χ3v) is 4.49. The summed E-state index contributed by atoms with van der Waals surface area (Å²) in [5.74, 6) is -3.41. The Hall–Kier alpha value is -3.74. The smallest absolute Gasteiger partial charge is 0.202 e. The van der Waals surface area contributed by atoms with Gasteiger partial charge >= 0.3 is 0 Å². The summed E-state index contributed by atoms with van der Waals surface area (Å²) in [5.41, 5.74) is -0.802. The Morgan fingerprint density at radius 1 is 0.846 bits per heavy atom. The number of benzene rings is 3. The van der Waals surface area contributed by atoms with E-state index >= 15 is 0 Å². The summed E-state index contributed by atoms with van der Waals surface area (Å²) in [6.07, 6.45) is 0. The molecular formula is C19H12O7. The van der Waals surface area contributed by atoms with Gasteiger partial charge < -0.3 is 25.2 Å². The number of carbonyl (C=O) groups excluding carboxylic acids is 2. The van der Waals surface area contributed by atoms with Crippen LogP contribution >= 0.6 is 0 Å². The molecule has 0 atom stereocenters. The van der Waals surface area contributed by atoms with Crippen LogP contribution in [0.1, 0.15) is 31.8 Å². The fourth-order valence-electron chi connectivity index (χ4n) is 3.37. The maximum atomic E-state index is 13.0. The molecule has 0 aliphatic heterocycles. The number of hydrogen-bond acceptors (Lipinski definition) is 7. The Morgan fingerprint density at radius 3 is 2.23 bits per heavy atom. The van der Waals surface area contributed by atoms with Gasteiger partial charge in [0.1, 0.15) is 28.7 Å². The number of rotatable bonds is 1. The molecule has 0 spiro atoms. The van der Waals surface area contributed by atoms with Gasteiger partial charge in [0.2, 0.25) is 5.78 Å². The summed E-state index contributed by atoms with van der Waals surface area (Å²) in [7, 11) is 1.34. The zero-order valence-corrected chi connectivity index (χ0v) is 13.4. The number of ketones is 2. The molecule has 1 aliphatic rings. The third kappa shape index (κ3) is 1.82. The standard InChI is InChI=1S/C19H12O7/c1-26-11-4-2-3-8-13(11)19(25)15-14(16(8)22)17(23)9-5-7(20)6-10(21)12(9)18(15)24/h2-6,20-21,23-24H,1H3. The lowest BCUT2D eigenvalue weighted by Crippen LogP contribution is -2.22. The molecule has 0 bridgehead atoms. The number of phenolic OH excluding ortho intramolecular Hbond substituents is 4. The lowest BCUT2D eigenvalue weighted by molar-refractivity contribution is 0.0972. The number of aromatic hydroxyl groups is 4. The summed E-state index contributed by atoms with van der Waals surface area (Å²) >= 11 is 0. The molecule has 3 aromatic carbocycles. The predicted molar refractivity (Wildman–Crippen MR) is 90.5 cm³/mol. The van der Waals surface area contributed by atoms with E-state index in [0.717, 1.165) is 12.1 Å². The van der Waals surface area contributed by atoms with Gasteiger partial charge in [0.25, 0.3) is 0 Å². The topological polar surface area (TPSA) is 124 Å². The van der Waals surface area contributed by atoms with Crippen LogP contribution in [0.2, 0.25) is 0 Å². The minimum Gasteiger partial charge on any atom is -0.508 e. The largest absolute Gasteiger partial charge is 0.508 e. The van der Waals surface area contributed by atoms with Crippen molar-refractivity contribution < 1.29 is 34.8 Å². The SMILES string of the molecule is COc1cccc2c1C(=O)c1c(c(O)c3cc(O)cc(O)c3c1O)C2=O. The molecular weight excluding hydrogens is 340 g/mol. The molecule has 3 aromatic rings. The molecule has 0 fully saturated rings. The minimum absolute atomic E-state index is 0.0279. The van der Waals surface area contributed by atoms with E-state index in [1.54, 1.807) is 0 Å². The van der Waals surface area contributed by atoms with Crippen LogP contribution in [0, 0.1) is 0 Å². The highest BCUT2D eigenvalue weighted by molar-refractivity contribution is 6.33. The molecule has 0 radical (unpaired) electrons. The zero-order valence-electron chi connectivity index (χ0n) is 13.4. The summed E-state index contributed by atoms with van der Waals surface area (Å²) in [6.45, 7) is 0. The van der Waals surface area contributed by atoms with E-state index in [4.69, 9.17) is 4.74 Å². The Kier molecular flexibility index (Phi) is 3.11. The van der Waals surface area contributed by atoms with Crippen LogP contribution in [-0.4, -0.2) is 39.1 Å². The van der Waals surface area contributed by atoms with E-state index in [1.165, 1.54) is 25.3 Å². The van der Waals surface area contributed by atoms with Gasteiger partial charge in [-0.05, 0) is 12.1 Å². The fraction of sp³-hybridized carbons (Fsp3) is 0.0526. The molecule has 7 heteroatoms.